The van der Waals surface area contributed by atoms with Crippen LogP contribution in [0.4, 0.5) is 0 Å². The summed E-state index contributed by atoms with van der Waals surface area (Å²) < 4.78 is 5.29. The van der Waals surface area contributed by atoms with E-state index in [1.807, 2.05) is 0 Å². The molecule has 3 atom stereocenters. The summed E-state index contributed by atoms with van der Waals surface area (Å²) in [6.07, 6.45) is 4.80. The Morgan fingerprint density at radius 1 is 1.24 bits per heavy atom. The molecule has 4 nitrogen and oxygen atoms in total. The highest BCUT2D eigenvalue weighted by molar-refractivity contribution is 5.79. The number of amides is 1. The van der Waals surface area contributed by atoms with Gasteiger partial charge in [-0.1, -0.05) is 6.92 Å². The highest BCUT2D eigenvalue weighted by atomic mass is 16.5. The molecule has 2 aliphatic rings. The van der Waals surface area contributed by atoms with E-state index in [1.165, 1.54) is 0 Å². The Balaban J connectivity index is 1.79. The second kappa shape index (κ2) is 5.83. The van der Waals surface area contributed by atoms with Crippen molar-refractivity contribution in [1.82, 2.24) is 5.32 Å². The second-order valence-electron chi connectivity index (χ2n) is 5.55. The van der Waals surface area contributed by atoms with Crippen molar-refractivity contribution in [3.05, 3.63) is 0 Å². The molecule has 1 heterocycles. The van der Waals surface area contributed by atoms with Crippen LogP contribution in [0.3, 0.4) is 0 Å². The summed E-state index contributed by atoms with van der Waals surface area (Å²) in [5.74, 6) is 0.894. The first-order valence-corrected chi connectivity index (χ1v) is 6.80. The molecule has 98 valence electrons. The maximum Gasteiger partial charge on any atom is 0.223 e. The SMILES string of the molecule is CC1CCC(C(=O)NC2CCOCC2)CC1N. The summed E-state index contributed by atoms with van der Waals surface area (Å²) in [7, 11) is 0. The molecular formula is C13H24N2O2. The van der Waals surface area contributed by atoms with Crippen LogP contribution in [0.5, 0.6) is 0 Å². The van der Waals surface area contributed by atoms with Gasteiger partial charge in [0.25, 0.3) is 0 Å². The summed E-state index contributed by atoms with van der Waals surface area (Å²) in [5, 5.41) is 3.15. The van der Waals surface area contributed by atoms with Crippen LogP contribution in [-0.4, -0.2) is 31.2 Å². The van der Waals surface area contributed by atoms with E-state index >= 15 is 0 Å². The largest absolute Gasteiger partial charge is 0.381 e. The molecule has 2 rings (SSSR count). The summed E-state index contributed by atoms with van der Waals surface area (Å²) in [6.45, 7) is 3.72. The van der Waals surface area contributed by atoms with Gasteiger partial charge in [0, 0.05) is 31.2 Å². The third-order valence-electron chi connectivity index (χ3n) is 4.20. The zero-order chi connectivity index (χ0) is 12.3. The maximum atomic E-state index is 12.1. The monoisotopic (exact) mass is 240 g/mol. The predicted molar refractivity (Wildman–Crippen MR) is 66.5 cm³/mol. The Morgan fingerprint density at radius 2 is 1.94 bits per heavy atom. The lowest BCUT2D eigenvalue weighted by molar-refractivity contribution is -0.127. The van der Waals surface area contributed by atoms with E-state index in [-0.39, 0.29) is 17.9 Å². The average Bonchev–Trinajstić information content (AvgIpc) is 2.34. The second-order valence-corrected chi connectivity index (χ2v) is 5.55. The van der Waals surface area contributed by atoms with Crippen molar-refractivity contribution in [3.63, 3.8) is 0 Å². The first-order chi connectivity index (χ1) is 8.16. The molecular weight excluding hydrogens is 216 g/mol. The van der Waals surface area contributed by atoms with Crippen molar-refractivity contribution in [2.75, 3.05) is 13.2 Å². The number of carbonyl (C=O) groups excluding carboxylic acids is 1. The zero-order valence-corrected chi connectivity index (χ0v) is 10.7. The molecule has 3 unspecified atom stereocenters. The highest BCUT2D eigenvalue weighted by Crippen LogP contribution is 2.28. The topological polar surface area (TPSA) is 64.3 Å². The van der Waals surface area contributed by atoms with Gasteiger partial charge in [0.15, 0.2) is 0 Å². The Bertz CT molecular complexity index is 264. The van der Waals surface area contributed by atoms with Gasteiger partial charge >= 0.3 is 0 Å². The number of carbonyl (C=O) groups is 1. The molecule has 0 aromatic carbocycles. The van der Waals surface area contributed by atoms with E-state index in [4.69, 9.17) is 10.5 Å². The minimum Gasteiger partial charge on any atom is -0.381 e. The van der Waals surface area contributed by atoms with Crippen LogP contribution >= 0.6 is 0 Å². The van der Waals surface area contributed by atoms with Crippen molar-refractivity contribution < 1.29 is 9.53 Å². The zero-order valence-electron chi connectivity index (χ0n) is 10.7. The standard InChI is InChI=1S/C13H24N2O2/c1-9-2-3-10(8-12(9)14)13(16)15-11-4-6-17-7-5-11/h9-12H,2-8,14H2,1H3,(H,15,16). The fraction of sp³-hybridized carbons (Fsp3) is 0.923. The van der Waals surface area contributed by atoms with Gasteiger partial charge in [0.05, 0.1) is 0 Å². The molecule has 0 spiro atoms. The molecule has 0 aromatic rings. The quantitative estimate of drug-likeness (QED) is 0.758. The Labute approximate surface area is 103 Å². The Hall–Kier alpha value is -0.610. The molecule has 1 saturated carbocycles. The summed E-state index contributed by atoms with van der Waals surface area (Å²) >= 11 is 0. The Kier molecular flexibility index (Phi) is 4.40. The lowest BCUT2D eigenvalue weighted by atomic mass is 9.79. The van der Waals surface area contributed by atoms with Gasteiger partial charge < -0.3 is 15.8 Å². The van der Waals surface area contributed by atoms with Crippen molar-refractivity contribution in [2.45, 2.75) is 51.1 Å². The van der Waals surface area contributed by atoms with Gasteiger partial charge in [-0.15, -0.1) is 0 Å². The molecule has 0 aromatic heterocycles. The third-order valence-corrected chi connectivity index (χ3v) is 4.20. The number of hydrogen-bond donors (Lipinski definition) is 2. The third kappa shape index (κ3) is 3.42. The van der Waals surface area contributed by atoms with Crippen molar-refractivity contribution in [3.8, 4) is 0 Å². The van der Waals surface area contributed by atoms with Crippen molar-refractivity contribution in [1.29, 1.82) is 0 Å². The molecule has 2 fully saturated rings. The summed E-state index contributed by atoms with van der Waals surface area (Å²) in [4.78, 5) is 12.1. The van der Waals surface area contributed by atoms with Crippen LogP contribution in [0.15, 0.2) is 0 Å². The first-order valence-electron chi connectivity index (χ1n) is 6.80. The van der Waals surface area contributed by atoms with Crippen LogP contribution in [0.2, 0.25) is 0 Å². The van der Waals surface area contributed by atoms with E-state index in [9.17, 15) is 4.79 Å². The van der Waals surface area contributed by atoms with Gasteiger partial charge in [-0.2, -0.15) is 0 Å². The minimum atomic E-state index is 0.129. The number of nitrogens with one attached hydrogen (secondary N) is 1. The minimum absolute atomic E-state index is 0.129. The number of rotatable bonds is 2. The molecule has 1 aliphatic carbocycles. The molecule has 0 bridgehead atoms. The Morgan fingerprint density at radius 3 is 2.59 bits per heavy atom. The normalized spacial score (nSPS) is 35.5. The van der Waals surface area contributed by atoms with Crippen LogP contribution in [0.1, 0.15) is 39.0 Å². The van der Waals surface area contributed by atoms with E-state index < -0.39 is 0 Å². The number of hydrogen-bond acceptors (Lipinski definition) is 3. The van der Waals surface area contributed by atoms with Crippen LogP contribution < -0.4 is 11.1 Å². The lowest BCUT2D eigenvalue weighted by Crippen LogP contribution is -2.45. The molecule has 17 heavy (non-hydrogen) atoms. The van der Waals surface area contributed by atoms with Gasteiger partial charge in [-0.05, 0) is 38.0 Å². The van der Waals surface area contributed by atoms with Crippen molar-refractivity contribution in [2.24, 2.45) is 17.6 Å². The maximum absolute atomic E-state index is 12.1. The molecule has 1 aliphatic heterocycles. The van der Waals surface area contributed by atoms with Crippen LogP contribution in [0, 0.1) is 11.8 Å². The fourth-order valence-corrected chi connectivity index (χ4v) is 2.76. The molecule has 4 heteroatoms. The highest BCUT2D eigenvalue weighted by Gasteiger charge is 2.30. The summed E-state index contributed by atoms with van der Waals surface area (Å²) in [5.41, 5.74) is 6.04. The van der Waals surface area contributed by atoms with Gasteiger partial charge in [0.1, 0.15) is 0 Å². The predicted octanol–water partition coefficient (Wildman–Crippen LogP) is 1.05. The van der Waals surface area contributed by atoms with E-state index in [1.54, 1.807) is 0 Å². The molecule has 3 N–H and O–H groups in total. The number of ether oxygens (including phenoxy) is 1. The van der Waals surface area contributed by atoms with Gasteiger partial charge in [-0.25, -0.2) is 0 Å². The van der Waals surface area contributed by atoms with Gasteiger partial charge in [0.2, 0.25) is 5.91 Å². The molecule has 0 radical (unpaired) electrons. The van der Waals surface area contributed by atoms with Crippen LogP contribution in [0.25, 0.3) is 0 Å². The lowest BCUT2D eigenvalue weighted by Gasteiger charge is -2.32. The average molecular weight is 240 g/mol. The molecule has 1 saturated heterocycles. The van der Waals surface area contributed by atoms with E-state index in [0.717, 1.165) is 45.3 Å². The van der Waals surface area contributed by atoms with Gasteiger partial charge in [-0.3, -0.25) is 4.79 Å². The van der Waals surface area contributed by atoms with Crippen LogP contribution in [-0.2, 0) is 9.53 Å². The first kappa shape index (κ1) is 12.8. The van der Waals surface area contributed by atoms with Crippen molar-refractivity contribution >= 4 is 5.91 Å². The van der Waals surface area contributed by atoms with E-state index in [2.05, 4.69) is 12.2 Å². The summed E-state index contributed by atoms with van der Waals surface area (Å²) in [6, 6.07) is 0.501. The fourth-order valence-electron chi connectivity index (χ4n) is 2.76. The molecule has 1 amide bonds. The van der Waals surface area contributed by atoms with E-state index in [0.29, 0.717) is 12.0 Å². The number of nitrogens with two attached hydrogens (primary N) is 1. The smallest absolute Gasteiger partial charge is 0.223 e.